The van der Waals surface area contributed by atoms with Crippen LogP contribution in [0, 0.1) is 27.7 Å². The van der Waals surface area contributed by atoms with Gasteiger partial charge in [0.15, 0.2) is 5.11 Å². The Kier molecular flexibility index (Phi) is 5.97. The van der Waals surface area contributed by atoms with Gasteiger partial charge in [-0.2, -0.15) is 5.10 Å². The molecule has 3 aromatic rings. The Balaban J connectivity index is 1.69. The molecule has 140 valence electrons. The summed E-state index contributed by atoms with van der Waals surface area (Å²) in [6.07, 6.45) is 0. The van der Waals surface area contributed by atoms with Crippen molar-refractivity contribution in [2.24, 2.45) is 0 Å². The minimum Gasteiger partial charge on any atom is -0.332 e. The molecule has 0 atom stereocenters. The highest BCUT2D eigenvalue weighted by atomic mass is 79.9. The fourth-order valence-electron chi connectivity index (χ4n) is 2.99. The molecule has 27 heavy (non-hydrogen) atoms. The Labute approximate surface area is 174 Å². The van der Waals surface area contributed by atoms with Crippen LogP contribution in [-0.2, 0) is 6.54 Å². The minimum absolute atomic E-state index is 0.577. The normalized spacial score (nSPS) is 10.7. The minimum atomic E-state index is 0.577. The number of thiocarbonyl (C=S) groups is 1. The van der Waals surface area contributed by atoms with E-state index >= 15 is 0 Å². The monoisotopic (exact) mass is 442 g/mol. The van der Waals surface area contributed by atoms with E-state index in [1.54, 1.807) is 0 Å². The summed E-state index contributed by atoms with van der Waals surface area (Å²) in [6.45, 7) is 8.94. The number of rotatable bonds is 4. The molecule has 1 heterocycles. The second kappa shape index (κ2) is 8.23. The lowest BCUT2D eigenvalue weighted by Gasteiger charge is -2.14. The molecule has 4 nitrogen and oxygen atoms in total. The molecule has 0 saturated carbocycles. The Morgan fingerprint density at radius 1 is 1.07 bits per heavy atom. The molecule has 0 amide bonds. The Bertz CT molecular complexity index is 994. The van der Waals surface area contributed by atoms with Gasteiger partial charge in [-0.05, 0) is 85.2 Å². The van der Waals surface area contributed by atoms with Gasteiger partial charge in [-0.3, -0.25) is 4.68 Å². The van der Waals surface area contributed by atoms with Crippen LogP contribution in [0.25, 0.3) is 0 Å². The maximum absolute atomic E-state index is 5.48. The van der Waals surface area contributed by atoms with Crippen LogP contribution in [0.4, 0.5) is 11.4 Å². The summed E-state index contributed by atoms with van der Waals surface area (Å²) in [5.74, 6) is 0. The first-order valence-electron chi connectivity index (χ1n) is 8.77. The number of nitrogens with zero attached hydrogens (tertiary/aromatic N) is 2. The van der Waals surface area contributed by atoms with Crippen LogP contribution in [0.2, 0.25) is 0 Å². The third-order valence-electron chi connectivity index (χ3n) is 4.44. The molecule has 1 aromatic heterocycles. The molecule has 0 radical (unpaired) electrons. The molecule has 0 saturated heterocycles. The first kappa shape index (κ1) is 19.6. The molecule has 6 heteroatoms. The smallest absolute Gasteiger partial charge is 0.175 e. The number of nitrogens with one attached hydrogen (secondary N) is 2. The van der Waals surface area contributed by atoms with E-state index in [9.17, 15) is 0 Å². The van der Waals surface area contributed by atoms with Gasteiger partial charge < -0.3 is 10.6 Å². The van der Waals surface area contributed by atoms with Gasteiger partial charge in [-0.1, -0.05) is 29.8 Å². The third-order valence-corrected chi connectivity index (χ3v) is 5.79. The molecule has 2 aromatic carbocycles. The maximum Gasteiger partial charge on any atom is 0.175 e. The molecule has 2 N–H and O–H groups in total. The number of aryl methyl sites for hydroxylation is 3. The SMILES string of the molecule is Cc1ccc(NC(=S)Nc2cccc(Cn3nc(C)c(Br)c3C)c2)c(C)c1. The van der Waals surface area contributed by atoms with Gasteiger partial charge in [0.25, 0.3) is 0 Å². The van der Waals surface area contributed by atoms with Crippen molar-refractivity contribution in [1.29, 1.82) is 0 Å². The highest BCUT2D eigenvalue weighted by Crippen LogP contribution is 2.21. The van der Waals surface area contributed by atoms with Crippen LogP contribution in [0.3, 0.4) is 0 Å². The van der Waals surface area contributed by atoms with Gasteiger partial charge in [-0.15, -0.1) is 0 Å². The molecule has 0 aliphatic rings. The average molecular weight is 443 g/mol. The molecular formula is C21H23BrN4S. The summed E-state index contributed by atoms with van der Waals surface area (Å²) in [5.41, 5.74) is 7.66. The quantitative estimate of drug-likeness (QED) is 0.505. The van der Waals surface area contributed by atoms with Gasteiger partial charge in [0, 0.05) is 11.4 Å². The summed E-state index contributed by atoms with van der Waals surface area (Å²) in [4.78, 5) is 0. The van der Waals surface area contributed by atoms with E-state index in [2.05, 4.69) is 82.8 Å². The van der Waals surface area contributed by atoms with E-state index in [1.807, 2.05) is 23.7 Å². The summed E-state index contributed by atoms with van der Waals surface area (Å²) in [6, 6.07) is 14.5. The number of benzene rings is 2. The van der Waals surface area contributed by atoms with Crippen molar-refractivity contribution in [2.75, 3.05) is 10.6 Å². The summed E-state index contributed by atoms with van der Waals surface area (Å²) in [5, 5.41) is 11.7. The Morgan fingerprint density at radius 3 is 2.52 bits per heavy atom. The fraction of sp³-hybridized carbons (Fsp3) is 0.238. The van der Waals surface area contributed by atoms with E-state index in [4.69, 9.17) is 12.2 Å². The van der Waals surface area contributed by atoms with Gasteiger partial charge in [0.05, 0.1) is 22.4 Å². The molecule has 3 rings (SSSR count). The number of anilines is 2. The number of hydrogen-bond acceptors (Lipinski definition) is 2. The molecule has 0 fully saturated rings. The van der Waals surface area contributed by atoms with Crippen molar-refractivity contribution in [1.82, 2.24) is 9.78 Å². The predicted octanol–water partition coefficient (Wildman–Crippen LogP) is 5.74. The molecule has 0 aliphatic carbocycles. The second-order valence-electron chi connectivity index (χ2n) is 6.74. The number of aromatic nitrogens is 2. The van der Waals surface area contributed by atoms with Crippen molar-refractivity contribution in [2.45, 2.75) is 34.2 Å². The molecule has 0 aliphatic heterocycles. The van der Waals surface area contributed by atoms with Gasteiger partial charge in [0.2, 0.25) is 0 Å². The van der Waals surface area contributed by atoms with Crippen LogP contribution in [0.15, 0.2) is 46.9 Å². The standard InChI is InChI=1S/C21H23BrN4S/c1-13-8-9-19(14(2)10-13)24-21(27)23-18-7-5-6-17(11-18)12-26-16(4)20(22)15(3)25-26/h5-11H,12H2,1-4H3,(H2,23,24,27). The van der Waals surface area contributed by atoms with Crippen molar-refractivity contribution in [3.8, 4) is 0 Å². The molecule has 0 spiro atoms. The lowest BCUT2D eigenvalue weighted by Crippen LogP contribution is -2.19. The average Bonchev–Trinajstić information content (AvgIpc) is 2.85. The molecule has 0 bridgehead atoms. The van der Waals surface area contributed by atoms with Gasteiger partial charge in [-0.25, -0.2) is 0 Å². The van der Waals surface area contributed by atoms with Gasteiger partial charge in [0.1, 0.15) is 0 Å². The largest absolute Gasteiger partial charge is 0.332 e. The van der Waals surface area contributed by atoms with Crippen molar-refractivity contribution in [3.63, 3.8) is 0 Å². The lowest BCUT2D eigenvalue weighted by molar-refractivity contribution is 0.659. The summed E-state index contributed by atoms with van der Waals surface area (Å²) in [7, 11) is 0. The van der Waals surface area contributed by atoms with E-state index in [0.29, 0.717) is 11.7 Å². The number of halogens is 1. The maximum atomic E-state index is 5.48. The Hall–Kier alpha value is -2.18. The van der Waals surface area contributed by atoms with Gasteiger partial charge >= 0.3 is 0 Å². The van der Waals surface area contributed by atoms with Crippen LogP contribution in [0.5, 0.6) is 0 Å². The van der Waals surface area contributed by atoms with Crippen molar-refractivity contribution < 1.29 is 0 Å². The summed E-state index contributed by atoms with van der Waals surface area (Å²) >= 11 is 9.06. The Morgan fingerprint density at radius 2 is 1.85 bits per heavy atom. The van der Waals surface area contributed by atoms with Crippen LogP contribution in [-0.4, -0.2) is 14.9 Å². The van der Waals surface area contributed by atoms with E-state index in [0.717, 1.165) is 32.8 Å². The van der Waals surface area contributed by atoms with E-state index < -0.39 is 0 Å². The zero-order valence-corrected chi connectivity index (χ0v) is 18.3. The zero-order chi connectivity index (χ0) is 19.6. The van der Waals surface area contributed by atoms with Crippen molar-refractivity contribution in [3.05, 3.63) is 75.0 Å². The number of hydrogen-bond donors (Lipinski definition) is 2. The van der Waals surface area contributed by atoms with Crippen LogP contribution >= 0.6 is 28.1 Å². The van der Waals surface area contributed by atoms with Crippen LogP contribution < -0.4 is 10.6 Å². The second-order valence-corrected chi connectivity index (χ2v) is 7.94. The first-order valence-corrected chi connectivity index (χ1v) is 9.97. The van der Waals surface area contributed by atoms with E-state index in [1.165, 1.54) is 11.1 Å². The predicted molar refractivity (Wildman–Crippen MR) is 121 cm³/mol. The fourth-order valence-corrected chi connectivity index (χ4v) is 3.50. The first-order chi connectivity index (χ1) is 12.8. The zero-order valence-electron chi connectivity index (χ0n) is 15.9. The molecule has 0 unspecified atom stereocenters. The highest BCUT2D eigenvalue weighted by molar-refractivity contribution is 9.10. The molecular weight excluding hydrogens is 420 g/mol. The van der Waals surface area contributed by atoms with E-state index in [-0.39, 0.29) is 0 Å². The summed E-state index contributed by atoms with van der Waals surface area (Å²) < 4.78 is 3.07. The lowest BCUT2D eigenvalue weighted by atomic mass is 10.1. The highest BCUT2D eigenvalue weighted by Gasteiger charge is 2.09. The van der Waals surface area contributed by atoms with Crippen LogP contribution in [0.1, 0.15) is 28.1 Å². The third kappa shape index (κ3) is 4.76. The topological polar surface area (TPSA) is 41.9 Å². The van der Waals surface area contributed by atoms with Crippen molar-refractivity contribution >= 4 is 44.6 Å².